The van der Waals surface area contributed by atoms with Gasteiger partial charge in [0.2, 0.25) is 5.71 Å². The van der Waals surface area contributed by atoms with E-state index < -0.39 is 0 Å². The molecule has 0 spiro atoms. The van der Waals surface area contributed by atoms with Gasteiger partial charge in [0.1, 0.15) is 5.52 Å². The zero-order chi connectivity index (χ0) is 18.5. The zero-order valence-electron chi connectivity index (χ0n) is 14.9. The monoisotopic (exact) mass is 372 g/mol. The highest BCUT2D eigenvalue weighted by atomic mass is 16.5. The highest BCUT2D eigenvalue weighted by Gasteiger charge is 2.22. The number of anilines is 1. The smallest absolute Gasteiger partial charge is 0.229 e. The van der Waals surface area contributed by atoms with Crippen LogP contribution in [0.3, 0.4) is 0 Å². The van der Waals surface area contributed by atoms with Crippen LogP contribution in [-0.4, -0.2) is 51.5 Å². The molecule has 8 heteroatoms. The Balaban J connectivity index is 1.62. The number of H-pyrrole nitrogens is 1. The molecule has 0 atom stereocenters. The van der Waals surface area contributed by atoms with Gasteiger partial charge in [0.15, 0.2) is 17.2 Å². The van der Waals surface area contributed by atoms with Crippen molar-refractivity contribution in [3.63, 3.8) is 0 Å². The number of furan rings is 1. The third kappa shape index (κ3) is 2.35. The SMILES string of the molecule is c1cnc2oc3c(N4CCOCC4)nc(-c4ccc5cn[nH]c5c4)nc3c2c1. The first-order chi connectivity index (χ1) is 13.9. The van der Waals surface area contributed by atoms with Gasteiger partial charge >= 0.3 is 0 Å². The van der Waals surface area contributed by atoms with Crippen molar-refractivity contribution in [1.29, 1.82) is 0 Å². The van der Waals surface area contributed by atoms with Gasteiger partial charge in [-0.1, -0.05) is 12.1 Å². The van der Waals surface area contributed by atoms with E-state index in [1.165, 1.54) is 0 Å². The molecule has 0 aliphatic carbocycles. The zero-order valence-corrected chi connectivity index (χ0v) is 14.9. The van der Waals surface area contributed by atoms with E-state index in [9.17, 15) is 0 Å². The molecule has 0 radical (unpaired) electrons. The van der Waals surface area contributed by atoms with E-state index in [1.54, 1.807) is 12.4 Å². The largest absolute Gasteiger partial charge is 0.432 e. The Hall–Kier alpha value is -3.52. The maximum absolute atomic E-state index is 6.05. The highest BCUT2D eigenvalue weighted by molar-refractivity contribution is 6.05. The van der Waals surface area contributed by atoms with Crippen molar-refractivity contribution in [3.05, 3.63) is 42.7 Å². The van der Waals surface area contributed by atoms with Gasteiger partial charge in [-0.25, -0.2) is 15.0 Å². The van der Waals surface area contributed by atoms with E-state index in [0.717, 1.165) is 46.3 Å². The number of morpholine rings is 1. The van der Waals surface area contributed by atoms with E-state index in [2.05, 4.69) is 20.1 Å². The normalized spacial score (nSPS) is 15.1. The van der Waals surface area contributed by atoms with Gasteiger partial charge in [0.25, 0.3) is 0 Å². The summed E-state index contributed by atoms with van der Waals surface area (Å²) >= 11 is 0. The lowest BCUT2D eigenvalue weighted by molar-refractivity contribution is 0.122. The predicted octanol–water partition coefficient (Wildman–Crippen LogP) is 3.15. The quantitative estimate of drug-likeness (QED) is 0.509. The summed E-state index contributed by atoms with van der Waals surface area (Å²) in [6.45, 7) is 2.85. The lowest BCUT2D eigenvalue weighted by atomic mass is 10.1. The van der Waals surface area contributed by atoms with Crippen molar-refractivity contribution < 1.29 is 9.15 Å². The Morgan fingerprint density at radius 3 is 2.93 bits per heavy atom. The summed E-state index contributed by atoms with van der Waals surface area (Å²) in [5.41, 5.74) is 3.89. The molecule has 1 aliphatic rings. The number of rotatable bonds is 2. The third-order valence-corrected chi connectivity index (χ3v) is 5.08. The van der Waals surface area contributed by atoms with Gasteiger partial charge in [-0.05, 0) is 18.2 Å². The Kier molecular flexibility index (Phi) is 3.33. The molecule has 0 amide bonds. The number of aromatic nitrogens is 5. The number of aromatic amines is 1. The first kappa shape index (κ1) is 15.5. The van der Waals surface area contributed by atoms with Crippen LogP contribution in [0.2, 0.25) is 0 Å². The number of ether oxygens (including phenoxy) is 1. The van der Waals surface area contributed by atoms with Crippen LogP contribution < -0.4 is 4.90 Å². The van der Waals surface area contributed by atoms with Gasteiger partial charge < -0.3 is 14.1 Å². The number of nitrogens with zero attached hydrogens (tertiary/aromatic N) is 5. The van der Waals surface area contributed by atoms with Crippen LogP contribution in [0.25, 0.3) is 44.5 Å². The van der Waals surface area contributed by atoms with E-state index in [4.69, 9.17) is 19.1 Å². The summed E-state index contributed by atoms with van der Waals surface area (Å²) in [5.74, 6) is 1.43. The average molecular weight is 372 g/mol. The fourth-order valence-corrected chi connectivity index (χ4v) is 3.66. The average Bonchev–Trinajstić information content (AvgIpc) is 3.37. The Bertz CT molecular complexity index is 1320. The van der Waals surface area contributed by atoms with Crippen LogP contribution in [0.4, 0.5) is 5.82 Å². The molecule has 0 bridgehead atoms. The van der Waals surface area contributed by atoms with Crippen molar-refractivity contribution in [2.24, 2.45) is 0 Å². The Morgan fingerprint density at radius 1 is 1.07 bits per heavy atom. The van der Waals surface area contributed by atoms with Gasteiger partial charge in [-0.2, -0.15) is 5.10 Å². The molecule has 0 unspecified atom stereocenters. The molecule has 6 rings (SSSR count). The molecule has 1 aromatic carbocycles. The maximum Gasteiger partial charge on any atom is 0.229 e. The first-order valence-corrected chi connectivity index (χ1v) is 9.18. The number of benzene rings is 1. The topological polar surface area (TPSA) is 93.0 Å². The number of hydrogen-bond acceptors (Lipinski definition) is 7. The molecule has 0 saturated carbocycles. The van der Waals surface area contributed by atoms with E-state index in [0.29, 0.717) is 30.3 Å². The predicted molar refractivity (Wildman–Crippen MR) is 105 cm³/mol. The van der Waals surface area contributed by atoms with Crippen LogP contribution in [0.5, 0.6) is 0 Å². The molecule has 5 aromatic rings. The van der Waals surface area contributed by atoms with Gasteiger partial charge in [0, 0.05) is 30.2 Å². The van der Waals surface area contributed by atoms with Gasteiger partial charge in [-0.3, -0.25) is 5.10 Å². The minimum absolute atomic E-state index is 0.572. The van der Waals surface area contributed by atoms with Crippen molar-refractivity contribution >= 4 is 38.9 Å². The number of fused-ring (bicyclic) bond motifs is 4. The van der Waals surface area contributed by atoms with Crippen LogP contribution in [-0.2, 0) is 4.74 Å². The van der Waals surface area contributed by atoms with Crippen LogP contribution >= 0.6 is 0 Å². The lowest BCUT2D eigenvalue weighted by Crippen LogP contribution is -2.37. The van der Waals surface area contributed by atoms with Crippen molar-refractivity contribution in [1.82, 2.24) is 25.1 Å². The van der Waals surface area contributed by atoms with Crippen molar-refractivity contribution in [2.45, 2.75) is 0 Å². The molecule has 138 valence electrons. The molecule has 5 heterocycles. The maximum atomic E-state index is 6.05. The fraction of sp³-hybridized carbons (Fsp3) is 0.200. The number of hydrogen-bond donors (Lipinski definition) is 1. The minimum Gasteiger partial charge on any atom is -0.432 e. The minimum atomic E-state index is 0.572. The van der Waals surface area contributed by atoms with E-state index >= 15 is 0 Å². The van der Waals surface area contributed by atoms with Crippen LogP contribution in [0.1, 0.15) is 0 Å². The molecule has 28 heavy (non-hydrogen) atoms. The van der Waals surface area contributed by atoms with Gasteiger partial charge in [0.05, 0.1) is 30.3 Å². The van der Waals surface area contributed by atoms with E-state index in [-0.39, 0.29) is 0 Å². The fourth-order valence-electron chi connectivity index (χ4n) is 3.66. The molecule has 8 nitrogen and oxygen atoms in total. The van der Waals surface area contributed by atoms with Crippen molar-refractivity contribution in [3.8, 4) is 11.4 Å². The summed E-state index contributed by atoms with van der Waals surface area (Å²) in [4.78, 5) is 16.3. The first-order valence-electron chi connectivity index (χ1n) is 9.18. The molecular formula is C20H16N6O2. The molecule has 1 fully saturated rings. The lowest BCUT2D eigenvalue weighted by Gasteiger charge is -2.27. The van der Waals surface area contributed by atoms with Gasteiger partial charge in [-0.15, -0.1) is 0 Å². The van der Waals surface area contributed by atoms with E-state index in [1.807, 2.05) is 30.3 Å². The molecule has 1 aliphatic heterocycles. The standard InChI is InChI=1S/C20H16N6O2/c1-2-14-16-17(28-20(14)21-5-1)19(26-6-8-27-9-7-26)24-18(23-16)12-3-4-13-11-22-25-15(13)10-12/h1-5,10-11H,6-9H2,(H,22,25). The molecule has 1 N–H and O–H groups in total. The Morgan fingerprint density at radius 2 is 2.00 bits per heavy atom. The summed E-state index contributed by atoms with van der Waals surface area (Å²) in [5, 5.41) is 9.05. The third-order valence-electron chi connectivity index (χ3n) is 5.08. The summed E-state index contributed by atoms with van der Waals surface area (Å²) < 4.78 is 11.6. The molecule has 4 aromatic heterocycles. The second-order valence-corrected chi connectivity index (χ2v) is 6.78. The second kappa shape index (κ2) is 6.00. The number of pyridine rings is 1. The highest BCUT2D eigenvalue weighted by Crippen LogP contribution is 2.34. The second-order valence-electron chi connectivity index (χ2n) is 6.78. The molecular weight excluding hydrogens is 356 g/mol. The summed E-state index contributed by atoms with van der Waals surface area (Å²) in [6.07, 6.45) is 3.53. The summed E-state index contributed by atoms with van der Waals surface area (Å²) in [6, 6.07) is 9.93. The molecule has 1 saturated heterocycles. The van der Waals surface area contributed by atoms with Crippen molar-refractivity contribution in [2.75, 3.05) is 31.2 Å². The Labute approximate surface area is 159 Å². The van der Waals surface area contributed by atoms with Crippen LogP contribution in [0.15, 0.2) is 47.1 Å². The number of nitrogens with one attached hydrogen (secondary N) is 1. The van der Waals surface area contributed by atoms with Crippen LogP contribution in [0, 0.1) is 0 Å². The summed E-state index contributed by atoms with van der Waals surface area (Å²) in [7, 11) is 0.